The van der Waals surface area contributed by atoms with Crippen LogP contribution >= 0.6 is 0 Å². The fraction of sp³-hybridized carbons (Fsp3) is 0.462. The molecule has 1 amide bonds. The number of pyridine rings is 1. The maximum atomic E-state index is 11.9. The van der Waals surface area contributed by atoms with E-state index in [9.17, 15) is 4.79 Å². The molecular formula is C13H15N3O. The molecule has 0 saturated carbocycles. The number of nitrogens with zero attached hydrogens (tertiary/aromatic N) is 3. The molecule has 0 spiro atoms. The van der Waals surface area contributed by atoms with E-state index in [-0.39, 0.29) is 11.8 Å². The van der Waals surface area contributed by atoms with Gasteiger partial charge >= 0.3 is 0 Å². The number of likely N-dealkylation sites (tertiary alicyclic amines) is 1. The highest BCUT2D eigenvalue weighted by atomic mass is 16.2. The second-order valence-electron chi connectivity index (χ2n) is 4.88. The molecule has 1 aromatic heterocycles. The molecule has 0 aliphatic carbocycles. The molecule has 0 radical (unpaired) electrons. The summed E-state index contributed by atoms with van der Waals surface area (Å²) >= 11 is 0. The number of rotatable bonds is 2. The third-order valence-corrected chi connectivity index (χ3v) is 3.45. The van der Waals surface area contributed by atoms with E-state index in [4.69, 9.17) is 5.26 Å². The van der Waals surface area contributed by atoms with Gasteiger partial charge < -0.3 is 4.90 Å². The van der Waals surface area contributed by atoms with Crippen LogP contribution in [0.15, 0.2) is 24.5 Å². The number of amides is 1. The Labute approximate surface area is 101 Å². The molecular weight excluding hydrogens is 214 g/mol. The molecule has 1 aromatic rings. The van der Waals surface area contributed by atoms with Crippen molar-refractivity contribution in [2.75, 3.05) is 0 Å². The van der Waals surface area contributed by atoms with Gasteiger partial charge in [0, 0.05) is 25.4 Å². The molecule has 1 unspecified atom stereocenters. The highest BCUT2D eigenvalue weighted by Gasteiger charge is 2.46. The molecule has 2 rings (SSSR count). The Hall–Kier alpha value is -1.89. The van der Waals surface area contributed by atoms with Gasteiger partial charge in [-0.1, -0.05) is 6.07 Å². The zero-order chi connectivity index (χ0) is 12.5. The van der Waals surface area contributed by atoms with Gasteiger partial charge in [0.25, 0.3) is 0 Å². The predicted molar refractivity (Wildman–Crippen MR) is 62.6 cm³/mol. The molecule has 1 saturated heterocycles. The average Bonchev–Trinajstić information content (AvgIpc) is 2.53. The predicted octanol–water partition coefficient (Wildman–Crippen LogP) is 1.73. The van der Waals surface area contributed by atoms with Gasteiger partial charge in [0.2, 0.25) is 5.91 Å². The third kappa shape index (κ3) is 2.01. The van der Waals surface area contributed by atoms with Crippen LogP contribution in [0.4, 0.5) is 0 Å². The smallest absolute Gasteiger partial charge is 0.224 e. The Kier molecular flexibility index (Phi) is 2.84. The number of carbonyl (C=O) groups excluding carboxylic acids is 1. The Bertz CT molecular complexity index is 461. The Balaban J connectivity index is 2.22. The van der Waals surface area contributed by atoms with Crippen molar-refractivity contribution in [3.05, 3.63) is 30.1 Å². The van der Waals surface area contributed by atoms with Crippen molar-refractivity contribution in [2.45, 2.75) is 32.4 Å². The van der Waals surface area contributed by atoms with Gasteiger partial charge in [0.15, 0.2) is 0 Å². The van der Waals surface area contributed by atoms with Crippen LogP contribution in [-0.4, -0.2) is 21.3 Å². The quantitative estimate of drug-likeness (QED) is 0.776. The summed E-state index contributed by atoms with van der Waals surface area (Å²) in [5, 5.41) is 9.06. The maximum Gasteiger partial charge on any atom is 0.224 e. The van der Waals surface area contributed by atoms with Crippen LogP contribution in [0, 0.1) is 17.2 Å². The molecule has 1 aliphatic rings. The monoisotopic (exact) mass is 229 g/mol. The number of aromatic nitrogens is 1. The second-order valence-corrected chi connectivity index (χ2v) is 4.88. The summed E-state index contributed by atoms with van der Waals surface area (Å²) in [6.45, 7) is 4.42. The fourth-order valence-electron chi connectivity index (χ4n) is 2.21. The van der Waals surface area contributed by atoms with Gasteiger partial charge in [0.05, 0.1) is 17.5 Å². The van der Waals surface area contributed by atoms with Crippen molar-refractivity contribution < 1.29 is 4.79 Å². The van der Waals surface area contributed by atoms with Crippen LogP contribution in [0.2, 0.25) is 0 Å². The maximum absolute atomic E-state index is 11.9. The third-order valence-electron chi connectivity index (χ3n) is 3.45. The number of hydrogen-bond donors (Lipinski definition) is 0. The van der Waals surface area contributed by atoms with E-state index in [1.165, 1.54) is 0 Å². The van der Waals surface area contributed by atoms with E-state index in [2.05, 4.69) is 11.1 Å². The van der Waals surface area contributed by atoms with Crippen molar-refractivity contribution >= 4 is 5.91 Å². The Morgan fingerprint density at radius 2 is 2.41 bits per heavy atom. The molecule has 1 fully saturated rings. The minimum atomic E-state index is -0.401. The summed E-state index contributed by atoms with van der Waals surface area (Å²) in [5.74, 6) is -0.183. The van der Waals surface area contributed by atoms with Crippen LogP contribution in [-0.2, 0) is 11.3 Å². The van der Waals surface area contributed by atoms with E-state index >= 15 is 0 Å². The van der Waals surface area contributed by atoms with E-state index < -0.39 is 5.54 Å². The average molecular weight is 229 g/mol. The van der Waals surface area contributed by atoms with E-state index in [0.717, 1.165) is 5.56 Å². The lowest BCUT2D eigenvalue weighted by molar-refractivity contribution is -0.131. The first-order valence-corrected chi connectivity index (χ1v) is 5.64. The van der Waals surface area contributed by atoms with Crippen LogP contribution in [0.25, 0.3) is 0 Å². The van der Waals surface area contributed by atoms with Crippen molar-refractivity contribution in [1.29, 1.82) is 5.26 Å². The molecule has 4 heteroatoms. The van der Waals surface area contributed by atoms with Crippen molar-refractivity contribution in [3.8, 4) is 6.07 Å². The van der Waals surface area contributed by atoms with E-state index in [0.29, 0.717) is 13.0 Å². The summed E-state index contributed by atoms with van der Waals surface area (Å²) < 4.78 is 0. The number of hydrogen-bond acceptors (Lipinski definition) is 3. The minimum Gasteiger partial charge on any atom is -0.332 e. The molecule has 2 heterocycles. The van der Waals surface area contributed by atoms with Gasteiger partial charge in [-0.2, -0.15) is 5.26 Å². The van der Waals surface area contributed by atoms with Crippen LogP contribution in [0.3, 0.4) is 0 Å². The molecule has 4 nitrogen and oxygen atoms in total. The molecule has 88 valence electrons. The summed E-state index contributed by atoms with van der Waals surface area (Å²) in [4.78, 5) is 17.7. The molecule has 0 aromatic carbocycles. The lowest BCUT2D eigenvalue weighted by atomic mass is 9.89. The zero-order valence-corrected chi connectivity index (χ0v) is 10.1. The minimum absolute atomic E-state index is 0.0467. The van der Waals surface area contributed by atoms with Gasteiger partial charge in [-0.25, -0.2) is 0 Å². The molecule has 0 bridgehead atoms. The molecule has 17 heavy (non-hydrogen) atoms. The first-order chi connectivity index (χ1) is 8.05. The molecule has 1 atom stereocenters. The Morgan fingerprint density at radius 1 is 1.65 bits per heavy atom. The SMILES string of the molecule is CC1(C)C(C#N)CC(=O)N1Cc1cccnc1. The van der Waals surface area contributed by atoms with Crippen molar-refractivity contribution in [2.24, 2.45) is 5.92 Å². The van der Waals surface area contributed by atoms with Gasteiger partial charge in [-0.05, 0) is 25.5 Å². The number of nitriles is 1. The normalized spacial score (nSPS) is 22.5. The lowest BCUT2D eigenvalue weighted by Crippen LogP contribution is -2.43. The second kappa shape index (κ2) is 4.17. The molecule has 1 aliphatic heterocycles. The first-order valence-electron chi connectivity index (χ1n) is 5.64. The molecule has 0 N–H and O–H groups in total. The summed E-state index contributed by atoms with van der Waals surface area (Å²) in [6.07, 6.45) is 3.78. The lowest BCUT2D eigenvalue weighted by Gasteiger charge is -2.33. The van der Waals surface area contributed by atoms with Gasteiger partial charge in [0.1, 0.15) is 0 Å². The van der Waals surface area contributed by atoms with Gasteiger partial charge in [-0.15, -0.1) is 0 Å². The van der Waals surface area contributed by atoms with Crippen LogP contribution < -0.4 is 0 Å². The summed E-state index contributed by atoms with van der Waals surface area (Å²) in [6, 6.07) is 6.01. The van der Waals surface area contributed by atoms with E-state index in [1.54, 1.807) is 17.3 Å². The van der Waals surface area contributed by atoms with E-state index in [1.807, 2.05) is 26.0 Å². The largest absolute Gasteiger partial charge is 0.332 e. The summed E-state index contributed by atoms with van der Waals surface area (Å²) in [5.41, 5.74) is 0.592. The van der Waals surface area contributed by atoms with Gasteiger partial charge in [-0.3, -0.25) is 9.78 Å². The number of carbonyl (C=O) groups is 1. The van der Waals surface area contributed by atoms with Crippen molar-refractivity contribution in [3.63, 3.8) is 0 Å². The Morgan fingerprint density at radius 3 is 2.94 bits per heavy atom. The fourth-order valence-corrected chi connectivity index (χ4v) is 2.21. The highest BCUT2D eigenvalue weighted by molar-refractivity contribution is 5.80. The van der Waals surface area contributed by atoms with Crippen LogP contribution in [0.1, 0.15) is 25.8 Å². The summed E-state index contributed by atoms with van der Waals surface area (Å²) in [7, 11) is 0. The standard InChI is InChI=1S/C13H15N3O/c1-13(2)11(7-14)6-12(17)16(13)9-10-4-3-5-15-8-10/h3-5,8,11H,6,9H2,1-2H3. The van der Waals surface area contributed by atoms with Crippen molar-refractivity contribution in [1.82, 2.24) is 9.88 Å². The first kappa shape index (κ1) is 11.6. The topological polar surface area (TPSA) is 57.0 Å². The zero-order valence-electron chi connectivity index (χ0n) is 10.1. The van der Waals surface area contributed by atoms with Crippen LogP contribution in [0.5, 0.6) is 0 Å². The highest BCUT2D eigenvalue weighted by Crippen LogP contribution is 2.35.